The summed E-state index contributed by atoms with van der Waals surface area (Å²) < 4.78 is 18.3. The molecule has 0 amide bonds. The highest BCUT2D eigenvalue weighted by Gasteiger charge is 2.16. The lowest BCUT2D eigenvalue weighted by Crippen LogP contribution is -2.06. The first kappa shape index (κ1) is 13.1. The van der Waals surface area contributed by atoms with E-state index in [0.717, 1.165) is 0 Å². The predicted molar refractivity (Wildman–Crippen MR) is 68.2 cm³/mol. The van der Waals surface area contributed by atoms with Crippen molar-refractivity contribution in [3.8, 4) is 0 Å². The lowest BCUT2D eigenvalue weighted by atomic mass is 10.1. The third kappa shape index (κ3) is 2.90. The number of rotatable bonds is 4. The fourth-order valence-corrected chi connectivity index (χ4v) is 1.68. The summed E-state index contributed by atoms with van der Waals surface area (Å²) in [5, 5.41) is 0. The third-order valence-electron chi connectivity index (χ3n) is 2.60. The SMILES string of the molecule is CCOC(=O)c1nc(Cc2ccccc2F)c(N)[nH]1. The fraction of sp³-hybridized carbons (Fsp3) is 0.231. The number of nitrogens with zero attached hydrogens (tertiary/aromatic N) is 1. The van der Waals surface area contributed by atoms with Crippen LogP contribution in [-0.4, -0.2) is 22.5 Å². The van der Waals surface area contributed by atoms with Crippen LogP contribution in [-0.2, 0) is 11.2 Å². The molecule has 5 nitrogen and oxygen atoms in total. The van der Waals surface area contributed by atoms with Crippen molar-refractivity contribution in [1.29, 1.82) is 0 Å². The second-order valence-corrected chi connectivity index (χ2v) is 3.93. The molecule has 0 aliphatic heterocycles. The Morgan fingerprint density at radius 3 is 2.89 bits per heavy atom. The summed E-state index contributed by atoms with van der Waals surface area (Å²) >= 11 is 0. The van der Waals surface area contributed by atoms with Crippen LogP contribution in [0.5, 0.6) is 0 Å². The van der Waals surface area contributed by atoms with Crippen molar-refractivity contribution >= 4 is 11.8 Å². The van der Waals surface area contributed by atoms with Crippen molar-refractivity contribution in [2.45, 2.75) is 13.3 Å². The van der Waals surface area contributed by atoms with E-state index in [-0.39, 0.29) is 30.5 Å². The molecule has 1 aromatic heterocycles. The molecule has 0 unspecified atom stereocenters. The minimum absolute atomic E-state index is 0.0330. The van der Waals surface area contributed by atoms with E-state index in [1.165, 1.54) is 6.07 Å². The molecule has 3 N–H and O–H groups in total. The van der Waals surface area contributed by atoms with Crippen molar-refractivity contribution in [1.82, 2.24) is 9.97 Å². The molecule has 0 bridgehead atoms. The van der Waals surface area contributed by atoms with Gasteiger partial charge in [-0.05, 0) is 18.6 Å². The van der Waals surface area contributed by atoms with Crippen LogP contribution in [0.2, 0.25) is 0 Å². The van der Waals surface area contributed by atoms with Gasteiger partial charge < -0.3 is 15.5 Å². The predicted octanol–water partition coefficient (Wildman–Crippen LogP) is 1.90. The Kier molecular flexibility index (Phi) is 3.79. The van der Waals surface area contributed by atoms with Crippen LogP contribution < -0.4 is 5.73 Å². The number of carbonyl (C=O) groups is 1. The summed E-state index contributed by atoms with van der Waals surface area (Å²) in [5.41, 5.74) is 6.62. The van der Waals surface area contributed by atoms with E-state index < -0.39 is 5.97 Å². The highest BCUT2D eigenvalue weighted by molar-refractivity contribution is 5.86. The second-order valence-electron chi connectivity index (χ2n) is 3.93. The Morgan fingerprint density at radius 1 is 1.47 bits per heavy atom. The summed E-state index contributed by atoms with van der Waals surface area (Å²) in [4.78, 5) is 18.2. The molecule has 0 aliphatic rings. The summed E-state index contributed by atoms with van der Waals surface area (Å²) in [6.45, 7) is 1.95. The van der Waals surface area contributed by atoms with Gasteiger partial charge in [0.2, 0.25) is 5.82 Å². The lowest BCUT2D eigenvalue weighted by molar-refractivity contribution is 0.0513. The number of nitrogen functional groups attached to an aromatic ring is 1. The normalized spacial score (nSPS) is 10.4. The van der Waals surface area contributed by atoms with Crippen molar-refractivity contribution in [3.63, 3.8) is 0 Å². The van der Waals surface area contributed by atoms with Crippen LogP contribution in [0.25, 0.3) is 0 Å². The highest BCUT2D eigenvalue weighted by atomic mass is 19.1. The van der Waals surface area contributed by atoms with Crippen LogP contribution in [0.4, 0.5) is 10.2 Å². The number of halogens is 1. The smallest absolute Gasteiger partial charge is 0.374 e. The van der Waals surface area contributed by atoms with Crippen LogP contribution in [0, 0.1) is 5.82 Å². The Labute approximate surface area is 109 Å². The van der Waals surface area contributed by atoms with E-state index in [0.29, 0.717) is 11.3 Å². The molecule has 0 radical (unpaired) electrons. The molecule has 19 heavy (non-hydrogen) atoms. The van der Waals surface area contributed by atoms with Gasteiger partial charge in [-0.25, -0.2) is 14.2 Å². The summed E-state index contributed by atoms with van der Waals surface area (Å²) in [5.74, 6) is -0.631. The number of ether oxygens (including phenoxy) is 1. The van der Waals surface area contributed by atoms with Crippen molar-refractivity contribution in [3.05, 3.63) is 47.2 Å². The summed E-state index contributed by atoms with van der Waals surface area (Å²) in [6, 6.07) is 6.35. The summed E-state index contributed by atoms with van der Waals surface area (Å²) in [6.07, 6.45) is 0.217. The van der Waals surface area contributed by atoms with Crippen molar-refractivity contribution < 1.29 is 13.9 Å². The van der Waals surface area contributed by atoms with Crippen molar-refractivity contribution in [2.24, 2.45) is 0 Å². The minimum Gasteiger partial charge on any atom is -0.460 e. The number of aromatic nitrogens is 2. The van der Waals surface area contributed by atoms with Gasteiger partial charge in [-0.3, -0.25) is 0 Å². The molecule has 2 aromatic rings. The molecule has 1 aromatic carbocycles. The molecular formula is C13H14FN3O2. The Balaban J connectivity index is 2.22. The van der Waals surface area contributed by atoms with E-state index in [9.17, 15) is 9.18 Å². The number of nitrogens with one attached hydrogen (secondary N) is 1. The first-order valence-electron chi connectivity index (χ1n) is 5.86. The first-order chi connectivity index (χ1) is 9.11. The molecule has 0 aliphatic carbocycles. The van der Waals surface area contributed by atoms with Gasteiger partial charge in [-0.2, -0.15) is 0 Å². The number of benzene rings is 1. The average molecular weight is 263 g/mol. The fourth-order valence-electron chi connectivity index (χ4n) is 1.68. The quantitative estimate of drug-likeness (QED) is 0.825. The van der Waals surface area contributed by atoms with E-state index in [2.05, 4.69) is 9.97 Å². The average Bonchev–Trinajstić information content (AvgIpc) is 2.74. The minimum atomic E-state index is -0.575. The van der Waals surface area contributed by atoms with Crippen molar-refractivity contribution in [2.75, 3.05) is 12.3 Å². The van der Waals surface area contributed by atoms with Gasteiger partial charge >= 0.3 is 5.97 Å². The zero-order valence-corrected chi connectivity index (χ0v) is 10.4. The van der Waals surface area contributed by atoms with Crippen LogP contribution >= 0.6 is 0 Å². The largest absolute Gasteiger partial charge is 0.460 e. The van der Waals surface area contributed by atoms with Gasteiger partial charge in [0.1, 0.15) is 11.6 Å². The van der Waals surface area contributed by atoms with Crippen LogP contribution in [0.15, 0.2) is 24.3 Å². The zero-order chi connectivity index (χ0) is 13.8. The maximum absolute atomic E-state index is 13.5. The number of hydrogen-bond acceptors (Lipinski definition) is 4. The monoisotopic (exact) mass is 263 g/mol. The number of H-pyrrole nitrogens is 1. The van der Waals surface area contributed by atoms with Gasteiger partial charge in [0.05, 0.1) is 12.3 Å². The number of anilines is 1. The number of carbonyl (C=O) groups excluding carboxylic acids is 1. The van der Waals surface area contributed by atoms with E-state index >= 15 is 0 Å². The maximum Gasteiger partial charge on any atom is 0.374 e. The van der Waals surface area contributed by atoms with Crippen LogP contribution in [0.3, 0.4) is 0 Å². The van der Waals surface area contributed by atoms with Crippen LogP contribution in [0.1, 0.15) is 28.8 Å². The number of aromatic amines is 1. The molecule has 0 fully saturated rings. The number of hydrogen-bond donors (Lipinski definition) is 2. The van der Waals surface area contributed by atoms with E-state index in [1.807, 2.05) is 0 Å². The van der Waals surface area contributed by atoms with Gasteiger partial charge in [-0.1, -0.05) is 18.2 Å². The molecular weight excluding hydrogens is 249 g/mol. The van der Waals surface area contributed by atoms with E-state index in [4.69, 9.17) is 10.5 Å². The lowest BCUT2D eigenvalue weighted by Gasteiger charge is -2.00. The number of nitrogens with two attached hydrogens (primary N) is 1. The third-order valence-corrected chi connectivity index (χ3v) is 2.60. The Morgan fingerprint density at radius 2 is 2.21 bits per heavy atom. The number of esters is 1. The Bertz CT molecular complexity index is 595. The maximum atomic E-state index is 13.5. The standard InChI is InChI=1S/C13H14FN3O2/c1-2-19-13(18)12-16-10(11(15)17-12)7-8-5-3-4-6-9(8)14/h3-6H,2,7,15H2,1H3,(H,16,17). The molecule has 6 heteroatoms. The molecule has 1 heterocycles. The second kappa shape index (κ2) is 5.51. The summed E-state index contributed by atoms with van der Waals surface area (Å²) in [7, 11) is 0. The molecule has 0 saturated carbocycles. The van der Waals surface area contributed by atoms with Gasteiger partial charge in [0, 0.05) is 6.42 Å². The molecule has 0 saturated heterocycles. The molecule has 2 rings (SSSR count). The zero-order valence-electron chi connectivity index (χ0n) is 10.4. The molecule has 100 valence electrons. The molecule has 0 spiro atoms. The van der Waals surface area contributed by atoms with E-state index in [1.54, 1.807) is 25.1 Å². The van der Waals surface area contributed by atoms with Gasteiger partial charge in [-0.15, -0.1) is 0 Å². The number of imidazole rings is 1. The highest BCUT2D eigenvalue weighted by Crippen LogP contribution is 2.16. The topological polar surface area (TPSA) is 81.0 Å². The van der Waals surface area contributed by atoms with Gasteiger partial charge in [0.15, 0.2) is 0 Å². The van der Waals surface area contributed by atoms with Gasteiger partial charge in [0.25, 0.3) is 0 Å². The molecule has 0 atom stereocenters. The Hall–Kier alpha value is -2.37. The first-order valence-corrected chi connectivity index (χ1v) is 5.86.